The molecule has 10 heteroatoms. The van der Waals surface area contributed by atoms with E-state index in [-0.39, 0.29) is 18.8 Å². The summed E-state index contributed by atoms with van der Waals surface area (Å²) < 4.78 is 13.4. The minimum absolute atomic E-state index is 0.0885. The summed E-state index contributed by atoms with van der Waals surface area (Å²) in [5.74, 6) is -3.07. The number of amides is 3. The van der Waals surface area contributed by atoms with E-state index in [1.807, 2.05) is 0 Å². The molecule has 3 rings (SSSR count). The first-order valence-electron chi connectivity index (χ1n) is 10.6. The lowest BCUT2D eigenvalue weighted by Gasteiger charge is -2.23. The Labute approximate surface area is 194 Å². The maximum Gasteiger partial charge on any atom is 0.305 e. The molecule has 178 valence electrons. The Morgan fingerprint density at radius 3 is 2.44 bits per heavy atom. The molecule has 0 radical (unpaired) electrons. The first kappa shape index (κ1) is 24.6. The van der Waals surface area contributed by atoms with Gasteiger partial charge in [0.25, 0.3) is 5.91 Å². The van der Waals surface area contributed by atoms with Crippen molar-refractivity contribution in [2.75, 3.05) is 6.54 Å². The molecule has 0 saturated carbocycles. The second kappa shape index (κ2) is 10.7. The number of nitrogens with one attached hydrogen (secondary N) is 2. The van der Waals surface area contributed by atoms with Crippen molar-refractivity contribution < 1.29 is 33.5 Å². The topological polar surface area (TPSA) is 133 Å². The van der Waals surface area contributed by atoms with Crippen molar-refractivity contribution in [1.82, 2.24) is 15.5 Å². The van der Waals surface area contributed by atoms with Crippen LogP contribution in [0.2, 0.25) is 0 Å². The number of rotatable bonds is 8. The molecule has 0 aromatic heterocycles. The highest BCUT2D eigenvalue weighted by Crippen LogP contribution is 2.22. The predicted molar refractivity (Wildman–Crippen MR) is 119 cm³/mol. The summed E-state index contributed by atoms with van der Waals surface area (Å²) in [6.45, 7) is 1.37. The van der Waals surface area contributed by atoms with Crippen molar-refractivity contribution in [3.8, 4) is 11.1 Å². The van der Waals surface area contributed by atoms with Gasteiger partial charge in [0.2, 0.25) is 11.8 Å². The smallest absolute Gasteiger partial charge is 0.305 e. The molecule has 0 aliphatic carbocycles. The van der Waals surface area contributed by atoms with Crippen LogP contribution in [0.15, 0.2) is 48.5 Å². The van der Waals surface area contributed by atoms with Crippen LogP contribution in [0.3, 0.4) is 0 Å². The third-order valence-electron chi connectivity index (χ3n) is 5.53. The highest BCUT2D eigenvalue weighted by Gasteiger charge is 2.39. The Morgan fingerprint density at radius 2 is 1.85 bits per heavy atom. The number of carbonyl (C=O) groups is 5. The first-order chi connectivity index (χ1) is 16.2. The number of halogens is 1. The van der Waals surface area contributed by atoms with E-state index in [4.69, 9.17) is 5.11 Å². The summed E-state index contributed by atoms with van der Waals surface area (Å²) in [5.41, 5.74) is 1.76. The standard InChI is InChI=1S/C24H24FN3O6/c1-14(30)28-12-19(10-21(28)24(34)27-20(13-29)11-22(31)32)26-23(33)16-7-5-15(6-8-16)17-3-2-4-18(25)9-17/h2-9,13,19-21H,10-12H2,1H3,(H,26,33)(H,27,34)(H,31,32)/t19-,20-,21-/m0/s1. The zero-order valence-electron chi connectivity index (χ0n) is 18.4. The molecule has 3 atom stereocenters. The fourth-order valence-electron chi connectivity index (χ4n) is 3.89. The van der Waals surface area contributed by atoms with Crippen molar-refractivity contribution in [1.29, 1.82) is 0 Å². The molecule has 3 N–H and O–H groups in total. The van der Waals surface area contributed by atoms with Crippen LogP contribution in [0, 0.1) is 5.82 Å². The molecule has 1 aliphatic rings. The van der Waals surface area contributed by atoms with E-state index in [0.29, 0.717) is 17.4 Å². The molecule has 2 aromatic carbocycles. The van der Waals surface area contributed by atoms with Crippen LogP contribution in [0.5, 0.6) is 0 Å². The van der Waals surface area contributed by atoms with Gasteiger partial charge in [-0.1, -0.05) is 24.3 Å². The first-order valence-corrected chi connectivity index (χ1v) is 10.6. The van der Waals surface area contributed by atoms with Crippen LogP contribution < -0.4 is 10.6 Å². The van der Waals surface area contributed by atoms with E-state index in [2.05, 4.69) is 10.6 Å². The number of hydrogen-bond acceptors (Lipinski definition) is 5. The Balaban J connectivity index is 1.65. The van der Waals surface area contributed by atoms with Crippen LogP contribution >= 0.6 is 0 Å². The second-order valence-electron chi connectivity index (χ2n) is 8.03. The number of nitrogens with zero attached hydrogens (tertiary/aromatic N) is 1. The molecule has 0 unspecified atom stereocenters. The fourth-order valence-corrected chi connectivity index (χ4v) is 3.89. The molecule has 1 heterocycles. The lowest BCUT2D eigenvalue weighted by Crippen LogP contribution is -2.49. The Hall–Kier alpha value is -4.08. The van der Waals surface area contributed by atoms with E-state index >= 15 is 0 Å². The second-order valence-corrected chi connectivity index (χ2v) is 8.03. The molecule has 9 nitrogen and oxygen atoms in total. The summed E-state index contributed by atoms with van der Waals surface area (Å²) >= 11 is 0. The van der Waals surface area contributed by atoms with E-state index in [9.17, 15) is 28.4 Å². The maximum atomic E-state index is 13.4. The van der Waals surface area contributed by atoms with Gasteiger partial charge in [0, 0.05) is 25.1 Å². The Kier molecular flexibility index (Phi) is 7.72. The lowest BCUT2D eigenvalue weighted by molar-refractivity contribution is -0.140. The molecular formula is C24H24FN3O6. The van der Waals surface area contributed by atoms with Crippen molar-refractivity contribution in [3.05, 3.63) is 59.9 Å². The predicted octanol–water partition coefficient (Wildman–Crippen LogP) is 1.37. The summed E-state index contributed by atoms with van der Waals surface area (Å²) in [4.78, 5) is 60.5. The Bertz CT molecular complexity index is 1100. The number of carboxylic acid groups (broad SMARTS) is 1. The lowest BCUT2D eigenvalue weighted by atomic mass is 10.0. The molecular weight excluding hydrogens is 445 g/mol. The fraction of sp³-hybridized carbons (Fsp3) is 0.292. The molecule has 1 fully saturated rings. The summed E-state index contributed by atoms with van der Waals surface area (Å²) in [5, 5.41) is 14.0. The molecule has 1 saturated heterocycles. The maximum absolute atomic E-state index is 13.4. The van der Waals surface area contributed by atoms with Crippen molar-refractivity contribution >= 4 is 30.0 Å². The van der Waals surface area contributed by atoms with E-state index in [1.165, 1.54) is 24.0 Å². The molecule has 0 bridgehead atoms. The average Bonchev–Trinajstić information content (AvgIpc) is 3.22. The van der Waals surface area contributed by atoms with Gasteiger partial charge in [-0.05, 0) is 41.8 Å². The number of carboxylic acids is 1. The third-order valence-corrected chi connectivity index (χ3v) is 5.53. The Morgan fingerprint density at radius 1 is 1.15 bits per heavy atom. The highest BCUT2D eigenvalue weighted by molar-refractivity contribution is 5.95. The van der Waals surface area contributed by atoms with Crippen LogP contribution in [-0.4, -0.2) is 64.7 Å². The zero-order valence-corrected chi connectivity index (χ0v) is 18.4. The third kappa shape index (κ3) is 6.03. The minimum atomic E-state index is -1.25. The molecule has 1 aliphatic heterocycles. The normalized spacial score (nSPS) is 18.1. The number of likely N-dealkylation sites (tertiary alicyclic amines) is 1. The summed E-state index contributed by atoms with van der Waals surface area (Å²) in [6, 6.07) is 9.97. The quantitative estimate of drug-likeness (QED) is 0.500. The van der Waals surface area contributed by atoms with E-state index in [1.54, 1.807) is 36.4 Å². The number of hydrogen-bond donors (Lipinski definition) is 3. The van der Waals surface area contributed by atoms with Crippen LogP contribution in [0.25, 0.3) is 11.1 Å². The monoisotopic (exact) mass is 469 g/mol. The minimum Gasteiger partial charge on any atom is -0.481 e. The average molecular weight is 469 g/mol. The van der Waals surface area contributed by atoms with Gasteiger partial charge >= 0.3 is 5.97 Å². The van der Waals surface area contributed by atoms with Crippen LogP contribution in [-0.2, 0) is 19.2 Å². The SMILES string of the molecule is CC(=O)N1C[C@@H](NC(=O)c2ccc(-c3cccc(F)c3)cc2)C[C@H]1C(=O)N[C@H](C=O)CC(=O)O. The number of aldehydes is 1. The van der Waals surface area contributed by atoms with Gasteiger partial charge in [0.15, 0.2) is 0 Å². The summed E-state index contributed by atoms with van der Waals surface area (Å²) in [7, 11) is 0. The van der Waals surface area contributed by atoms with E-state index < -0.39 is 48.2 Å². The van der Waals surface area contributed by atoms with Gasteiger partial charge in [0.05, 0.1) is 12.5 Å². The van der Waals surface area contributed by atoms with Gasteiger partial charge in [-0.25, -0.2) is 4.39 Å². The van der Waals surface area contributed by atoms with Crippen molar-refractivity contribution in [3.63, 3.8) is 0 Å². The zero-order chi connectivity index (χ0) is 24.8. The number of carbonyl (C=O) groups excluding carboxylic acids is 4. The van der Waals surface area contributed by atoms with E-state index in [0.717, 1.165) is 5.56 Å². The van der Waals surface area contributed by atoms with Crippen molar-refractivity contribution in [2.24, 2.45) is 0 Å². The number of benzene rings is 2. The molecule has 0 spiro atoms. The molecule has 3 amide bonds. The van der Waals surface area contributed by atoms with Crippen LogP contribution in [0.1, 0.15) is 30.1 Å². The van der Waals surface area contributed by atoms with Gasteiger partial charge in [-0.2, -0.15) is 0 Å². The molecule has 2 aromatic rings. The summed E-state index contributed by atoms with van der Waals surface area (Å²) in [6.07, 6.45) is -0.142. The number of aliphatic carboxylic acids is 1. The molecule has 34 heavy (non-hydrogen) atoms. The van der Waals surface area contributed by atoms with Gasteiger partial charge in [-0.3, -0.25) is 19.2 Å². The van der Waals surface area contributed by atoms with Gasteiger partial charge in [-0.15, -0.1) is 0 Å². The van der Waals surface area contributed by atoms with Gasteiger partial charge < -0.3 is 25.4 Å². The van der Waals surface area contributed by atoms with Crippen LogP contribution in [0.4, 0.5) is 4.39 Å². The van der Waals surface area contributed by atoms with Gasteiger partial charge in [0.1, 0.15) is 18.1 Å². The largest absolute Gasteiger partial charge is 0.481 e. The van der Waals surface area contributed by atoms with Crippen molar-refractivity contribution in [2.45, 2.75) is 37.9 Å². The highest BCUT2D eigenvalue weighted by atomic mass is 19.1.